The molecule has 1 aromatic rings. The van der Waals surface area contributed by atoms with Gasteiger partial charge in [0.2, 0.25) is 5.91 Å². The molecule has 0 radical (unpaired) electrons. The average Bonchev–Trinajstić information content (AvgIpc) is 2.97. The summed E-state index contributed by atoms with van der Waals surface area (Å²) in [5.74, 6) is 0.174. The first-order valence-electron chi connectivity index (χ1n) is 6.71. The molecule has 1 unspecified atom stereocenters. The second kappa shape index (κ2) is 5.92. The van der Waals surface area contributed by atoms with E-state index in [1.807, 2.05) is 25.8 Å². The van der Waals surface area contributed by atoms with Crippen LogP contribution in [-0.4, -0.2) is 39.7 Å². The Kier molecular flexibility index (Phi) is 4.47. The molecule has 1 saturated heterocycles. The Hall–Kier alpha value is -1.07. The number of carbonyl (C=O) groups excluding carboxylic acids is 1. The number of halogens is 1. The molecule has 1 aromatic heterocycles. The highest BCUT2D eigenvalue weighted by Crippen LogP contribution is 2.19. The summed E-state index contributed by atoms with van der Waals surface area (Å²) in [6.07, 6.45) is 2.23. The molecule has 1 aliphatic rings. The van der Waals surface area contributed by atoms with Crippen LogP contribution in [0.5, 0.6) is 0 Å². The molecule has 2 heterocycles. The summed E-state index contributed by atoms with van der Waals surface area (Å²) in [6.45, 7) is 6.10. The molecular weight excluding hydrogens is 264 g/mol. The van der Waals surface area contributed by atoms with E-state index in [0.29, 0.717) is 11.6 Å². The van der Waals surface area contributed by atoms with Gasteiger partial charge in [-0.25, -0.2) is 0 Å². The Balaban J connectivity index is 1.92. The number of hydrogen-bond acceptors (Lipinski definition) is 3. The van der Waals surface area contributed by atoms with Crippen molar-refractivity contribution in [1.82, 2.24) is 20.0 Å². The molecule has 0 bridgehead atoms. The number of nitrogens with zero attached hydrogens (tertiary/aromatic N) is 3. The number of amides is 1. The van der Waals surface area contributed by atoms with Crippen LogP contribution in [0.25, 0.3) is 0 Å². The minimum absolute atomic E-state index is 0.174. The zero-order chi connectivity index (χ0) is 14.0. The van der Waals surface area contributed by atoms with Gasteiger partial charge in [0, 0.05) is 26.7 Å². The third kappa shape index (κ3) is 3.09. The van der Waals surface area contributed by atoms with Gasteiger partial charge in [-0.1, -0.05) is 11.6 Å². The SMILES string of the molecule is Cc1nn(C)c(CNC(C)C(=O)N2CCCC2)c1Cl. The number of aromatic nitrogens is 2. The fraction of sp³-hybridized carbons (Fsp3) is 0.692. The summed E-state index contributed by atoms with van der Waals surface area (Å²) in [5, 5.41) is 8.17. The van der Waals surface area contributed by atoms with Crippen LogP contribution in [0.4, 0.5) is 0 Å². The van der Waals surface area contributed by atoms with E-state index in [4.69, 9.17) is 11.6 Å². The van der Waals surface area contributed by atoms with E-state index in [2.05, 4.69) is 10.4 Å². The summed E-state index contributed by atoms with van der Waals surface area (Å²) >= 11 is 6.19. The standard InChI is InChI=1S/C13H21ClN4O/c1-9-12(14)11(17(3)16-9)8-15-10(2)13(19)18-6-4-5-7-18/h10,15H,4-8H2,1-3H3. The van der Waals surface area contributed by atoms with Crippen LogP contribution in [0.1, 0.15) is 31.2 Å². The van der Waals surface area contributed by atoms with E-state index in [-0.39, 0.29) is 11.9 Å². The molecule has 1 amide bonds. The highest BCUT2D eigenvalue weighted by atomic mass is 35.5. The zero-order valence-corrected chi connectivity index (χ0v) is 12.5. The number of hydrogen-bond donors (Lipinski definition) is 1. The molecule has 1 aliphatic heterocycles. The van der Waals surface area contributed by atoms with Gasteiger partial charge in [0.05, 0.1) is 22.5 Å². The van der Waals surface area contributed by atoms with Crippen LogP contribution < -0.4 is 5.32 Å². The lowest BCUT2D eigenvalue weighted by Crippen LogP contribution is -2.43. The number of nitrogens with one attached hydrogen (secondary N) is 1. The third-order valence-electron chi connectivity index (χ3n) is 3.63. The Morgan fingerprint density at radius 1 is 1.47 bits per heavy atom. The van der Waals surface area contributed by atoms with Gasteiger partial charge in [-0.05, 0) is 26.7 Å². The van der Waals surface area contributed by atoms with E-state index in [0.717, 1.165) is 37.3 Å². The largest absolute Gasteiger partial charge is 0.341 e. The van der Waals surface area contributed by atoms with Gasteiger partial charge in [-0.15, -0.1) is 0 Å². The zero-order valence-electron chi connectivity index (χ0n) is 11.7. The molecule has 0 aliphatic carbocycles. The van der Waals surface area contributed by atoms with Crippen molar-refractivity contribution in [2.24, 2.45) is 7.05 Å². The number of aryl methyl sites for hydroxylation is 2. The lowest BCUT2D eigenvalue weighted by Gasteiger charge is -2.21. The quantitative estimate of drug-likeness (QED) is 0.911. The van der Waals surface area contributed by atoms with Gasteiger partial charge in [-0.3, -0.25) is 9.48 Å². The van der Waals surface area contributed by atoms with Crippen LogP contribution in [0.15, 0.2) is 0 Å². The Labute approximate surface area is 118 Å². The number of carbonyl (C=O) groups is 1. The van der Waals surface area contributed by atoms with Gasteiger partial charge in [0.15, 0.2) is 0 Å². The van der Waals surface area contributed by atoms with Crippen LogP contribution >= 0.6 is 11.6 Å². The van der Waals surface area contributed by atoms with Gasteiger partial charge in [0.1, 0.15) is 0 Å². The minimum atomic E-state index is -0.190. The second-order valence-corrected chi connectivity index (χ2v) is 5.48. The van der Waals surface area contributed by atoms with Crippen molar-refractivity contribution in [2.45, 2.75) is 39.3 Å². The lowest BCUT2D eigenvalue weighted by atomic mass is 10.2. The molecule has 106 valence electrons. The maximum absolute atomic E-state index is 12.1. The summed E-state index contributed by atoms with van der Waals surface area (Å²) < 4.78 is 1.76. The van der Waals surface area contributed by atoms with E-state index in [1.54, 1.807) is 4.68 Å². The molecule has 19 heavy (non-hydrogen) atoms. The van der Waals surface area contributed by atoms with Gasteiger partial charge < -0.3 is 10.2 Å². The summed E-state index contributed by atoms with van der Waals surface area (Å²) in [7, 11) is 1.86. The number of rotatable bonds is 4. The lowest BCUT2D eigenvalue weighted by molar-refractivity contribution is -0.132. The van der Waals surface area contributed by atoms with Gasteiger partial charge in [-0.2, -0.15) is 5.10 Å². The van der Waals surface area contributed by atoms with E-state index < -0.39 is 0 Å². The molecule has 1 fully saturated rings. The van der Waals surface area contributed by atoms with E-state index in [9.17, 15) is 4.79 Å². The Morgan fingerprint density at radius 3 is 2.63 bits per heavy atom. The molecule has 6 heteroatoms. The van der Waals surface area contributed by atoms with Crippen molar-refractivity contribution >= 4 is 17.5 Å². The predicted octanol–water partition coefficient (Wildman–Crippen LogP) is 1.48. The predicted molar refractivity (Wildman–Crippen MR) is 75.1 cm³/mol. The second-order valence-electron chi connectivity index (χ2n) is 5.10. The first kappa shape index (κ1) is 14.3. The van der Waals surface area contributed by atoms with Crippen molar-refractivity contribution in [3.05, 3.63) is 16.4 Å². The molecule has 5 nitrogen and oxygen atoms in total. The van der Waals surface area contributed by atoms with Crippen LogP contribution in [0.2, 0.25) is 5.02 Å². The van der Waals surface area contributed by atoms with Gasteiger partial charge >= 0.3 is 0 Å². The normalized spacial score (nSPS) is 16.9. The maximum atomic E-state index is 12.1. The van der Waals surface area contributed by atoms with Crippen LogP contribution in [0, 0.1) is 6.92 Å². The number of likely N-dealkylation sites (tertiary alicyclic amines) is 1. The van der Waals surface area contributed by atoms with Gasteiger partial charge in [0.25, 0.3) is 0 Å². The monoisotopic (exact) mass is 284 g/mol. The summed E-state index contributed by atoms with van der Waals surface area (Å²) in [5.41, 5.74) is 1.74. The fourth-order valence-electron chi connectivity index (χ4n) is 2.42. The van der Waals surface area contributed by atoms with Crippen molar-refractivity contribution in [2.75, 3.05) is 13.1 Å². The molecule has 1 atom stereocenters. The Morgan fingerprint density at radius 2 is 2.11 bits per heavy atom. The topological polar surface area (TPSA) is 50.2 Å². The smallest absolute Gasteiger partial charge is 0.239 e. The summed E-state index contributed by atoms with van der Waals surface area (Å²) in [4.78, 5) is 14.1. The van der Waals surface area contributed by atoms with E-state index >= 15 is 0 Å². The average molecular weight is 285 g/mol. The fourth-order valence-corrected chi connectivity index (χ4v) is 2.65. The molecule has 0 aromatic carbocycles. The molecule has 1 N–H and O–H groups in total. The molecule has 0 spiro atoms. The molecule has 2 rings (SSSR count). The summed E-state index contributed by atoms with van der Waals surface area (Å²) in [6, 6.07) is -0.190. The van der Waals surface area contributed by atoms with Crippen molar-refractivity contribution in [3.8, 4) is 0 Å². The van der Waals surface area contributed by atoms with Crippen molar-refractivity contribution in [3.63, 3.8) is 0 Å². The first-order valence-corrected chi connectivity index (χ1v) is 7.08. The van der Waals surface area contributed by atoms with Crippen molar-refractivity contribution < 1.29 is 4.79 Å². The highest BCUT2D eigenvalue weighted by Gasteiger charge is 2.23. The molecular formula is C13H21ClN4O. The molecule has 0 saturated carbocycles. The highest BCUT2D eigenvalue weighted by molar-refractivity contribution is 6.31. The first-order chi connectivity index (χ1) is 9.00. The van der Waals surface area contributed by atoms with Crippen molar-refractivity contribution in [1.29, 1.82) is 0 Å². The minimum Gasteiger partial charge on any atom is -0.341 e. The maximum Gasteiger partial charge on any atom is 0.239 e. The Bertz CT molecular complexity index is 465. The van der Waals surface area contributed by atoms with Crippen LogP contribution in [0.3, 0.4) is 0 Å². The van der Waals surface area contributed by atoms with Crippen LogP contribution in [-0.2, 0) is 18.4 Å². The third-order valence-corrected chi connectivity index (χ3v) is 4.12. The van der Waals surface area contributed by atoms with E-state index in [1.165, 1.54) is 0 Å².